The van der Waals surface area contributed by atoms with Crippen molar-refractivity contribution in [3.05, 3.63) is 97.4 Å². The minimum Gasteiger partial charge on any atom is -0.343 e. The predicted molar refractivity (Wildman–Crippen MR) is 138 cm³/mol. The lowest BCUT2D eigenvalue weighted by Gasteiger charge is -2.33. The number of anilines is 1. The highest BCUT2D eigenvalue weighted by atomic mass is 35.5. The van der Waals surface area contributed by atoms with Crippen molar-refractivity contribution in [3.8, 4) is 0 Å². The Morgan fingerprint density at radius 2 is 1.85 bits per heavy atom. The summed E-state index contributed by atoms with van der Waals surface area (Å²) in [6, 6.07) is 15.9. The number of hydrogen-bond acceptors (Lipinski definition) is 5. The molecule has 0 amide bonds. The van der Waals surface area contributed by atoms with Crippen LogP contribution in [0.4, 0.5) is 5.82 Å². The average molecular weight is 492 g/mol. The zero-order chi connectivity index (χ0) is 23.8. The van der Waals surface area contributed by atoms with Crippen molar-refractivity contribution in [1.82, 2.24) is 9.97 Å². The lowest BCUT2D eigenvalue weighted by molar-refractivity contribution is -0.116. The molecule has 0 radical (unpaired) electrons. The molecule has 5 nitrogen and oxygen atoms in total. The molecule has 34 heavy (non-hydrogen) atoms. The highest BCUT2D eigenvalue weighted by Crippen LogP contribution is 2.43. The van der Waals surface area contributed by atoms with Gasteiger partial charge in [0.15, 0.2) is 10.9 Å². The molecule has 2 aliphatic rings. The second kappa shape index (κ2) is 9.43. The number of thioether (sulfide) groups is 1. The Balaban J connectivity index is 1.55. The molecule has 2 N–H and O–H groups in total. The quantitative estimate of drug-likeness (QED) is 0.319. The van der Waals surface area contributed by atoms with Gasteiger partial charge in [0.25, 0.3) is 5.56 Å². The first-order valence-corrected chi connectivity index (χ1v) is 12.9. The van der Waals surface area contributed by atoms with Gasteiger partial charge >= 0.3 is 0 Å². The number of halogens is 1. The van der Waals surface area contributed by atoms with Gasteiger partial charge in [-0.2, -0.15) is 0 Å². The molecule has 174 valence electrons. The number of carbonyl (C=O) groups excluding carboxylic acids is 1. The summed E-state index contributed by atoms with van der Waals surface area (Å²) < 4.78 is 0. The molecule has 0 spiro atoms. The van der Waals surface area contributed by atoms with Crippen molar-refractivity contribution < 1.29 is 4.79 Å². The zero-order valence-corrected chi connectivity index (χ0v) is 20.7. The molecule has 1 unspecified atom stereocenters. The largest absolute Gasteiger partial charge is 0.343 e. The van der Waals surface area contributed by atoms with Crippen LogP contribution in [0.15, 0.2) is 69.8 Å². The highest BCUT2D eigenvalue weighted by molar-refractivity contribution is 7.98. The SMILES string of the molecule is CC(C)c1ccc(C2C3=C(CCCC3=O)Nc3nc(SCc4ccccc4Cl)[nH]c(=O)c32)cc1. The molecule has 1 aromatic heterocycles. The van der Waals surface area contributed by atoms with E-state index in [1.165, 1.54) is 17.3 Å². The number of aromatic amines is 1. The van der Waals surface area contributed by atoms with Crippen LogP contribution in [0.5, 0.6) is 0 Å². The van der Waals surface area contributed by atoms with Gasteiger partial charge in [-0.1, -0.05) is 79.7 Å². The summed E-state index contributed by atoms with van der Waals surface area (Å²) in [7, 11) is 0. The van der Waals surface area contributed by atoms with Gasteiger partial charge in [-0.25, -0.2) is 4.98 Å². The lowest BCUT2D eigenvalue weighted by atomic mass is 9.76. The van der Waals surface area contributed by atoms with Crippen LogP contribution in [0.3, 0.4) is 0 Å². The van der Waals surface area contributed by atoms with Crippen molar-refractivity contribution in [2.24, 2.45) is 0 Å². The van der Waals surface area contributed by atoms with Crippen molar-refractivity contribution in [2.75, 3.05) is 5.32 Å². The molecule has 7 heteroatoms. The van der Waals surface area contributed by atoms with E-state index < -0.39 is 5.92 Å². The fourth-order valence-corrected chi connectivity index (χ4v) is 5.82. The maximum absolute atomic E-state index is 13.4. The van der Waals surface area contributed by atoms with Crippen molar-refractivity contribution in [2.45, 2.75) is 55.9 Å². The Labute approximate surface area is 208 Å². The topological polar surface area (TPSA) is 74.8 Å². The summed E-state index contributed by atoms with van der Waals surface area (Å²) in [6.07, 6.45) is 2.08. The molecule has 3 aromatic rings. The van der Waals surface area contributed by atoms with Gasteiger partial charge in [-0.05, 0) is 41.5 Å². The van der Waals surface area contributed by atoms with Gasteiger partial charge in [0.05, 0.1) is 5.56 Å². The lowest BCUT2D eigenvalue weighted by Crippen LogP contribution is -2.32. The predicted octanol–water partition coefficient (Wildman–Crippen LogP) is 6.40. The third kappa shape index (κ3) is 4.32. The monoisotopic (exact) mass is 491 g/mol. The van der Waals surface area contributed by atoms with Gasteiger partial charge < -0.3 is 10.3 Å². The van der Waals surface area contributed by atoms with Crippen molar-refractivity contribution in [1.29, 1.82) is 0 Å². The van der Waals surface area contributed by atoms with Crippen molar-refractivity contribution >= 4 is 35.0 Å². The van der Waals surface area contributed by atoms with Gasteiger partial charge in [0, 0.05) is 34.4 Å². The summed E-state index contributed by atoms with van der Waals surface area (Å²) in [5.41, 5.74) is 5.03. The van der Waals surface area contributed by atoms with E-state index in [0.29, 0.717) is 45.2 Å². The molecular formula is C27H26ClN3O2S. The van der Waals surface area contributed by atoms with E-state index in [1.54, 1.807) is 0 Å². The smallest absolute Gasteiger partial charge is 0.257 e. The Morgan fingerprint density at radius 1 is 1.09 bits per heavy atom. The summed E-state index contributed by atoms with van der Waals surface area (Å²) in [6.45, 7) is 4.30. The van der Waals surface area contributed by atoms with E-state index in [-0.39, 0.29) is 11.3 Å². The number of nitrogens with one attached hydrogen (secondary N) is 2. The van der Waals surface area contributed by atoms with E-state index in [2.05, 4.69) is 36.3 Å². The van der Waals surface area contributed by atoms with Gasteiger partial charge in [-0.3, -0.25) is 9.59 Å². The first-order chi connectivity index (χ1) is 16.4. The summed E-state index contributed by atoms with van der Waals surface area (Å²) in [5, 5.41) is 4.55. The molecule has 1 aliphatic heterocycles. The molecule has 0 saturated heterocycles. The van der Waals surface area contributed by atoms with E-state index in [9.17, 15) is 9.59 Å². The maximum Gasteiger partial charge on any atom is 0.257 e. The van der Waals surface area contributed by atoms with Crippen LogP contribution in [-0.4, -0.2) is 15.8 Å². The van der Waals surface area contributed by atoms with E-state index >= 15 is 0 Å². The first-order valence-electron chi connectivity index (χ1n) is 11.6. The number of Topliss-reactive ketones (excluding diaryl/α,β-unsaturated/α-hetero) is 1. The normalized spacial score (nSPS) is 17.4. The minimum atomic E-state index is -0.417. The van der Waals surface area contributed by atoms with Gasteiger partial charge in [0.1, 0.15) is 5.82 Å². The number of rotatable bonds is 5. The Morgan fingerprint density at radius 3 is 2.59 bits per heavy atom. The third-order valence-electron chi connectivity index (χ3n) is 6.50. The Hall–Kier alpha value is -2.83. The third-order valence-corrected chi connectivity index (χ3v) is 7.79. The minimum absolute atomic E-state index is 0.105. The van der Waals surface area contributed by atoms with Crippen LogP contribution in [0.25, 0.3) is 0 Å². The number of ketones is 1. The maximum atomic E-state index is 13.4. The van der Waals surface area contributed by atoms with Crippen LogP contribution in [-0.2, 0) is 10.5 Å². The number of fused-ring (bicyclic) bond motifs is 1. The molecule has 0 saturated carbocycles. The van der Waals surface area contributed by atoms with Crippen LogP contribution >= 0.6 is 23.4 Å². The summed E-state index contributed by atoms with van der Waals surface area (Å²) >= 11 is 7.72. The van der Waals surface area contributed by atoms with Crippen LogP contribution in [0.2, 0.25) is 5.02 Å². The zero-order valence-electron chi connectivity index (χ0n) is 19.2. The van der Waals surface area contributed by atoms with Crippen LogP contribution < -0.4 is 10.9 Å². The van der Waals surface area contributed by atoms with E-state index in [0.717, 1.165) is 29.7 Å². The second-order valence-electron chi connectivity index (χ2n) is 9.06. The molecule has 5 rings (SSSR count). The highest BCUT2D eigenvalue weighted by Gasteiger charge is 2.37. The van der Waals surface area contributed by atoms with E-state index in [4.69, 9.17) is 16.6 Å². The number of aromatic nitrogens is 2. The summed E-state index contributed by atoms with van der Waals surface area (Å²) in [4.78, 5) is 34.1. The number of carbonyl (C=O) groups is 1. The van der Waals surface area contributed by atoms with Crippen LogP contribution in [0, 0.1) is 0 Å². The average Bonchev–Trinajstić information content (AvgIpc) is 2.82. The van der Waals surface area contributed by atoms with Gasteiger partial charge in [0.2, 0.25) is 0 Å². The number of benzene rings is 2. The molecule has 0 fully saturated rings. The number of H-pyrrole nitrogens is 1. The fraction of sp³-hybridized carbons (Fsp3) is 0.296. The molecule has 2 aromatic carbocycles. The molecule has 1 atom stereocenters. The number of hydrogen-bond donors (Lipinski definition) is 2. The molecule has 2 heterocycles. The molecule has 0 bridgehead atoms. The number of nitrogens with zero attached hydrogens (tertiary/aromatic N) is 1. The fourth-order valence-electron chi connectivity index (χ4n) is 4.68. The van der Waals surface area contributed by atoms with Gasteiger partial charge in [-0.15, -0.1) is 0 Å². The number of allylic oxidation sites excluding steroid dienone is 2. The van der Waals surface area contributed by atoms with Crippen molar-refractivity contribution in [3.63, 3.8) is 0 Å². The summed E-state index contributed by atoms with van der Waals surface area (Å²) in [5.74, 6) is 1.22. The second-order valence-corrected chi connectivity index (χ2v) is 10.4. The molecule has 1 aliphatic carbocycles. The van der Waals surface area contributed by atoms with Crippen LogP contribution in [0.1, 0.15) is 67.2 Å². The van der Waals surface area contributed by atoms with E-state index in [1.807, 2.05) is 36.4 Å². The molecular weight excluding hydrogens is 466 g/mol. The Kier molecular flexibility index (Phi) is 6.36. The first kappa shape index (κ1) is 22.9. The Bertz CT molecular complexity index is 1340. The standard InChI is InChI=1S/C27H26ClN3O2S/c1-15(2)16-10-12-17(13-11-16)22-23-20(8-5-9-21(23)32)29-25-24(22)26(33)31-27(30-25)34-14-18-6-3-4-7-19(18)28/h3-4,6-7,10-13,15,22H,5,8-9,14H2,1-2H3,(H2,29,30,31,33).